The zero-order valence-electron chi connectivity index (χ0n) is 13.5. The number of rotatable bonds is 6. The summed E-state index contributed by atoms with van der Waals surface area (Å²) in [4.78, 5) is 12.1. The normalized spacial score (nSPS) is 15.7. The summed E-state index contributed by atoms with van der Waals surface area (Å²) in [5.74, 6) is 1.40. The Bertz CT molecular complexity index is 661. The zero-order valence-corrected chi connectivity index (χ0v) is 13.5. The van der Waals surface area contributed by atoms with E-state index < -0.39 is 0 Å². The summed E-state index contributed by atoms with van der Waals surface area (Å²) in [5, 5.41) is 10.7. The molecule has 1 unspecified atom stereocenters. The van der Waals surface area contributed by atoms with E-state index in [1.54, 1.807) is 11.8 Å². The third-order valence-corrected chi connectivity index (χ3v) is 4.36. The average molecular weight is 314 g/mol. The van der Waals surface area contributed by atoms with Gasteiger partial charge in [0.05, 0.1) is 25.0 Å². The van der Waals surface area contributed by atoms with Gasteiger partial charge in [0, 0.05) is 12.1 Å². The summed E-state index contributed by atoms with van der Waals surface area (Å²) >= 11 is 0. The van der Waals surface area contributed by atoms with Gasteiger partial charge in [-0.3, -0.25) is 4.79 Å². The van der Waals surface area contributed by atoms with Crippen LogP contribution in [-0.4, -0.2) is 35.9 Å². The highest BCUT2D eigenvalue weighted by molar-refractivity contribution is 5.78. The van der Waals surface area contributed by atoms with Crippen LogP contribution in [0.1, 0.15) is 12.6 Å². The number of methoxy groups -OCH3 is 1. The van der Waals surface area contributed by atoms with Crippen molar-refractivity contribution in [1.29, 1.82) is 0 Å². The van der Waals surface area contributed by atoms with Gasteiger partial charge >= 0.3 is 0 Å². The number of benzene rings is 1. The molecule has 1 aliphatic rings. The summed E-state index contributed by atoms with van der Waals surface area (Å²) in [5.41, 5.74) is 1.80. The summed E-state index contributed by atoms with van der Waals surface area (Å²) in [6.07, 6.45) is 1.89. The van der Waals surface area contributed by atoms with E-state index in [1.807, 2.05) is 43.5 Å². The molecule has 6 heteroatoms. The van der Waals surface area contributed by atoms with Gasteiger partial charge in [0.1, 0.15) is 5.75 Å². The van der Waals surface area contributed by atoms with Crippen LogP contribution in [0.5, 0.6) is 5.75 Å². The number of hydrogen-bond donors (Lipinski definition) is 2. The molecule has 1 aliphatic heterocycles. The van der Waals surface area contributed by atoms with E-state index in [-0.39, 0.29) is 11.8 Å². The molecule has 0 bridgehead atoms. The standard InChI is InChI=1S/C17H22N4O2/c1-12(13-9-18-10-13)17(22)19-11-14-7-8-21(20-14)15-3-5-16(23-2)6-4-15/h3-8,12-13,18H,9-11H2,1-2H3,(H,19,22). The second kappa shape index (κ2) is 6.83. The monoisotopic (exact) mass is 314 g/mol. The second-order valence-corrected chi connectivity index (χ2v) is 5.87. The minimum atomic E-state index is 0.0416. The quantitative estimate of drug-likeness (QED) is 0.844. The number of hydrogen-bond acceptors (Lipinski definition) is 4. The third kappa shape index (κ3) is 3.53. The fourth-order valence-electron chi connectivity index (χ4n) is 2.55. The Hall–Kier alpha value is -2.34. The van der Waals surface area contributed by atoms with E-state index in [0.717, 1.165) is 30.2 Å². The first-order valence-electron chi connectivity index (χ1n) is 7.85. The van der Waals surface area contributed by atoms with Crippen molar-refractivity contribution >= 4 is 5.91 Å². The van der Waals surface area contributed by atoms with E-state index in [1.165, 1.54) is 0 Å². The number of aromatic nitrogens is 2. The molecule has 1 atom stereocenters. The van der Waals surface area contributed by atoms with Crippen LogP contribution in [0.3, 0.4) is 0 Å². The van der Waals surface area contributed by atoms with E-state index in [9.17, 15) is 4.79 Å². The Morgan fingerprint density at radius 2 is 2.13 bits per heavy atom. The van der Waals surface area contributed by atoms with Crippen LogP contribution in [0.15, 0.2) is 36.5 Å². The van der Waals surface area contributed by atoms with E-state index in [0.29, 0.717) is 12.5 Å². The summed E-state index contributed by atoms with van der Waals surface area (Å²) < 4.78 is 6.94. The predicted octanol–water partition coefficient (Wildman–Crippen LogP) is 1.35. The van der Waals surface area contributed by atoms with Crippen molar-refractivity contribution in [3.63, 3.8) is 0 Å². The number of nitrogens with one attached hydrogen (secondary N) is 2. The number of amides is 1. The highest BCUT2D eigenvalue weighted by Crippen LogP contribution is 2.16. The lowest BCUT2D eigenvalue weighted by atomic mass is 9.88. The minimum Gasteiger partial charge on any atom is -0.497 e. The van der Waals surface area contributed by atoms with Crippen molar-refractivity contribution in [2.75, 3.05) is 20.2 Å². The Balaban J connectivity index is 1.57. The van der Waals surface area contributed by atoms with Crippen LogP contribution in [0, 0.1) is 11.8 Å². The lowest BCUT2D eigenvalue weighted by Crippen LogP contribution is -2.49. The molecule has 6 nitrogen and oxygen atoms in total. The zero-order chi connectivity index (χ0) is 16.2. The molecule has 0 spiro atoms. The van der Waals surface area contributed by atoms with Crippen LogP contribution >= 0.6 is 0 Å². The largest absolute Gasteiger partial charge is 0.497 e. The fraction of sp³-hybridized carbons (Fsp3) is 0.412. The third-order valence-electron chi connectivity index (χ3n) is 4.36. The van der Waals surface area contributed by atoms with Gasteiger partial charge in [0.25, 0.3) is 0 Å². The summed E-state index contributed by atoms with van der Waals surface area (Å²) in [6.45, 7) is 4.30. The minimum absolute atomic E-state index is 0.0416. The van der Waals surface area contributed by atoms with E-state index >= 15 is 0 Å². The first kappa shape index (κ1) is 15.6. The second-order valence-electron chi connectivity index (χ2n) is 5.87. The predicted molar refractivity (Wildman–Crippen MR) is 87.5 cm³/mol. The van der Waals surface area contributed by atoms with Crippen molar-refractivity contribution < 1.29 is 9.53 Å². The van der Waals surface area contributed by atoms with Gasteiger partial charge in [-0.05, 0) is 49.3 Å². The first-order valence-corrected chi connectivity index (χ1v) is 7.85. The Morgan fingerprint density at radius 3 is 2.74 bits per heavy atom. The highest BCUT2D eigenvalue weighted by atomic mass is 16.5. The maximum Gasteiger partial charge on any atom is 0.223 e. The van der Waals surface area contributed by atoms with Gasteiger partial charge in [0.2, 0.25) is 5.91 Å². The van der Waals surface area contributed by atoms with E-state index in [4.69, 9.17) is 4.74 Å². The Morgan fingerprint density at radius 1 is 1.39 bits per heavy atom. The molecule has 1 aromatic heterocycles. The maximum atomic E-state index is 12.1. The molecule has 1 aromatic carbocycles. The molecular weight excluding hydrogens is 292 g/mol. The van der Waals surface area contributed by atoms with Crippen molar-refractivity contribution in [3.05, 3.63) is 42.2 Å². The number of carbonyl (C=O) groups is 1. The smallest absolute Gasteiger partial charge is 0.223 e. The molecule has 1 amide bonds. The average Bonchev–Trinajstić information content (AvgIpc) is 3.00. The molecule has 2 aromatic rings. The molecule has 0 saturated carbocycles. The number of carbonyl (C=O) groups excluding carboxylic acids is 1. The van der Waals surface area contributed by atoms with Crippen LogP contribution in [0.2, 0.25) is 0 Å². The van der Waals surface area contributed by atoms with Crippen LogP contribution in [0.4, 0.5) is 0 Å². The molecule has 3 rings (SSSR count). The van der Waals surface area contributed by atoms with Gasteiger partial charge in [-0.15, -0.1) is 0 Å². The van der Waals surface area contributed by atoms with Gasteiger partial charge < -0.3 is 15.4 Å². The van der Waals surface area contributed by atoms with Gasteiger partial charge in [-0.1, -0.05) is 6.92 Å². The van der Waals surface area contributed by atoms with Crippen molar-refractivity contribution in [3.8, 4) is 11.4 Å². The number of nitrogens with zero attached hydrogens (tertiary/aromatic N) is 2. The van der Waals surface area contributed by atoms with Crippen molar-refractivity contribution in [1.82, 2.24) is 20.4 Å². The molecular formula is C17H22N4O2. The lowest BCUT2D eigenvalue weighted by Gasteiger charge is -2.31. The molecule has 122 valence electrons. The van der Waals surface area contributed by atoms with Crippen LogP contribution in [0.25, 0.3) is 5.69 Å². The lowest BCUT2D eigenvalue weighted by molar-refractivity contribution is -0.126. The summed E-state index contributed by atoms with van der Waals surface area (Å²) in [6, 6.07) is 9.60. The fourth-order valence-corrected chi connectivity index (χ4v) is 2.55. The topological polar surface area (TPSA) is 68.2 Å². The number of ether oxygens (including phenoxy) is 1. The van der Waals surface area contributed by atoms with Crippen molar-refractivity contribution in [2.45, 2.75) is 13.5 Å². The molecule has 2 heterocycles. The van der Waals surface area contributed by atoms with Gasteiger partial charge in [0.15, 0.2) is 0 Å². The Kier molecular flexibility index (Phi) is 4.62. The SMILES string of the molecule is COc1ccc(-n2ccc(CNC(=O)C(C)C3CNC3)n2)cc1. The molecule has 0 radical (unpaired) electrons. The first-order chi connectivity index (χ1) is 11.2. The molecule has 2 N–H and O–H groups in total. The maximum absolute atomic E-state index is 12.1. The molecule has 1 saturated heterocycles. The Labute approximate surface area is 135 Å². The highest BCUT2D eigenvalue weighted by Gasteiger charge is 2.28. The van der Waals surface area contributed by atoms with Gasteiger partial charge in [-0.25, -0.2) is 4.68 Å². The van der Waals surface area contributed by atoms with Crippen molar-refractivity contribution in [2.24, 2.45) is 11.8 Å². The van der Waals surface area contributed by atoms with Crippen LogP contribution in [-0.2, 0) is 11.3 Å². The summed E-state index contributed by atoms with van der Waals surface area (Å²) in [7, 11) is 1.64. The van der Waals surface area contributed by atoms with E-state index in [2.05, 4.69) is 15.7 Å². The van der Waals surface area contributed by atoms with Gasteiger partial charge in [-0.2, -0.15) is 5.10 Å². The molecule has 1 fully saturated rings. The molecule has 0 aliphatic carbocycles. The van der Waals surface area contributed by atoms with Crippen LogP contribution < -0.4 is 15.4 Å². The molecule has 23 heavy (non-hydrogen) atoms.